The van der Waals surface area contributed by atoms with Crippen LogP contribution in [0.15, 0.2) is 46.8 Å². The summed E-state index contributed by atoms with van der Waals surface area (Å²) in [6, 6.07) is 6.06. The first-order valence-corrected chi connectivity index (χ1v) is 9.39. The largest absolute Gasteiger partial charge is 0.460 e. The quantitative estimate of drug-likeness (QED) is 0.618. The second-order valence-electron chi connectivity index (χ2n) is 8.11. The summed E-state index contributed by atoms with van der Waals surface area (Å²) in [4.78, 5) is 25.9. The molecule has 3 rings (SSSR count). The van der Waals surface area contributed by atoms with Crippen molar-refractivity contribution in [1.82, 2.24) is 5.32 Å². The van der Waals surface area contributed by atoms with Crippen LogP contribution in [0.5, 0.6) is 0 Å². The molecular formula is C22H26FNO4. The van der Waals surface area contributed by atoms with Gasteiger partial charge in [-0.2, -0.15) is 0 Å². The number of carbonyl (C=O) groups excluding carboxylic acids is 2. The fourth-order valence-corrected chi connectivity index (χ4v) is 4.02. The van der Waals surface area contributed by atoms with Gasteiger partial charge in [-0.25, -0.2) is 9.18 Å². The molecule has 1 aromatic rings. The number of hydrogen-bond donors (Lipinski definition) is 1. The van der Waals surface area contributed by atoms with Gasteiger partial charge < -0.3 is 14.8 Å². The molecule has 0 amide bonds. The second-order valence-corrected chi connectivity index (χ2v) is 8.11. The number of hydrogen-bond acceptors (Lipinski definition) is 5. The van der Waals surface area contributed by atoms with Gasteiger partial charge >= 0.3 is 5.97 Å². The molecule has 150 valence electrons. The van der Waals surface area contributed by atoms with Crippen LogP contribution in [0.1, 0.15) is 45.1 Å². The molecule has 0 bridgehead atoms. The van der Waals surface area contributed by atoms with Crippen molar-refractivity contribution in [3.05, 3.63) is 58.2 Å². The van der Waals surface area contributed by atoms with Crippen LogP contribution in [0, 0.1) is 11.2 Å². The molecule has 1 atom stereocenters. The molecule has 0 spiro atoms. The van der Waals surface area contributed by atoms with Crippen molar-refractivity contribution in [3.63, 3.8) is 0 Å². The van der Waals surface area contributed by atoms with Crippen LogP contribution in [0.25, 0.3) is 0 Å². The Morgan fingerprint density at radius 1 is 1.29 bits per heavy atom. The third kappa shape index (κ3) is 4.02. The summed E-state index contributed by atoms with van der Waals surface area (Å²) < 4.78 is 24.3. The highest BCUT2D eigenvalue weighted by atomic mass is 19.1. The topological polar surface area (TPSA) is 64.6 Å². The number of nitrogens with one attached hydrogen (secondary N) is 1. The van der Waals surface area contributed by atoms with Gasteiger partial charge in [0.1, 0.15) is 12.4 Å². The number of rotatable bonds is 5. The molecule has 0 aromatic heterocycles. The van der Waals surface area contributed by atoms with E-state index in [1.807, 2.05) is 13.8 Å². The first kappa shape index (κ1) is 20.3. The van der Waals surface area contributed by atoms with Crippen LogP contribution in [0.4, 0.5) is 4.39 Å². The maximum absolute atomic E-state index is 14.0. The number of ether oxygens (including phenoxy) is 2. The fraction of sp³-hybridized carbons (Fsp3) is 0.455. The number of halogens is 1. The zero-order valence-electron chi connectivity index (χ0n) is 16.7. The molecule has 2 aliphatic rings. The number of dihydropyridines is 1. The minimum Gasteiger partial charge on any atom is -0.460 e. The molecule has 0 saturated carbocycles. The van der Waals surface area contributed by atoms with Crippen molar-refractivity contribution in [3.8, 4) is 0 Å². The van der Waals surface area contributed by atoms with Crippen LogP contribution >= 0.6 is 0 Å². The standard InChI is InChI=1S/C22H26FNO4/c1-13-18(21(26)28-9-8-27-4)19(14-6-5-7-15(23)10-14)20-16(24-13)11-22(2,3)12-17(20)25/h5-7,10,19,24H,8-9,11-12H2,1-4H3. The van der Waals surface area contributed by atoms with Gasteiger partial charge in [-0.1, -0.05) is 26.0 Å². The molecular weight excluding hydrogens is 361 g/mol. The Kier molecular flexibility index (Phi) is 5.70. The van der Waals surface area contributed by atoms with Crippen LogP contribution in [0.3, 0.4) is 0 Å². The molecule has 1 heterocycles. The van der Waals surface area contributed by atoms with Crippen molar-refractivity contribution in [2.45, 2.75) is 39.5 Å². The fourth-order valence-electron chi connectivity index (χ4n) is 4.02. The molecule has 1 aliphatic carbocycles. The van der Waals surface area contributed by atoms with E-state index in [2.05, 4.69) is 5.32 Å². The van der Waals surface area contributed by atoms with Gasteiger partial charge in [-0.05, 0) is 36.5 Å². The Morgan fingerprint density at radius 2 is 2.04 bits per heavy atom. The number of methoxy groups -OCH3 is 1. The summed E-state index contributed by atoms with van der Waals surface area (Å²) in [7, 11) is 1.52. The number of allylic oxidation sites excluding steroid dienone is 3. The molecule has 6 heteroatoms. The van der Waals surface area contributed by atoms with E-state index < -0.39 is 17.7 Å². The number of ketones is 1. The Balaban J connectivity index is 2.09. The van der Waals surface area contributed by atoms with Gasteiger partial charge in [0.25, 0.3) is 0 Å². The van der Waals surface area contributed by atoms with E-state index in [0.29, 0.717) is 35.2 Å². The van der Waals surface area contributed by atoms with Gasteiger partial charge in [0.05, 0.1) is 12.2 Å². The Morgan fingerprint density at radius 3 is 2.71 bits per heavy atom. The average Bonchev–Trinajstić information content (AvgIpc) is 2.59. The minimum absolute atomic E-state index is 0.0253. The SMILES string of the molecule is COCCOC(=O)C1=C(C)NC2=C(C(=O)CC(C)(C)C2)C1c1cccc(F)c1. The van der Waals surface area contributed by atoms with Gasteiger partial charge in [-0.15, -0.1) is 0 Å². The average molecular weight is 387 g/mol. The van der Waals surface area contributed by atoms with Gasteiger partial charge in [-0.3, -0.25) is 4.79 Å². The summed E-state index contributed by atoms with van der Waals surface area (Å²) in [6.45, 7) is 6.25. The Hall–Kier alpha value is -2.47. The zero-order chi connectivity index (χ0) is 20.5. The van der Waals surface area contributed by atoms with Gasteiger partial charge in [0.2, 0.25) is 0 Å². The first-order valence-electron chi connectivity index (χ1n) is 9.39. The van der Waals surface area contributed by atoms with Crippen LogP contribution in [-0.2, 0) is 19.1 Å². The predicted molar refractivity (Wildman–Crippen MR) is 103 cm³/mol. The summed E-state index contributed by atoms with van der Waals surface area (Å²) in [5, 5.41) is 3.25. The minimum atomic E-state index is -0.648. The Labute approximate surface area is 164 Å². The molecule has 0 radical (unpaired) electrons. The van der Waals surface area contributed by atoms with Crippen LogP contribution in [0.2, 0.25) is 0 Å². The first-order chi connectivity index (χ1) is 13.2. The highest BCUT2D eigenvalue weighted by Crippen LogP contribution is 2.46. The zero-order valence-corrected chi connectivity index (χ0v) is 16.7. The lowest BCUT2D eigenvalue weighted by Crippen LogP contribution is -2.38. The number of carbonyl (C=O) groups is 2. The maximum Gasteiger partial charge on any atom is 0.336 e. The monoisotopic (exact) mass is 387 g/mol. The van der Waals surface area contributed by atoms with E-state index in [1.54, 1.807) is 19.1 Å². The molecule has 1 N–H and O–H groups in total. The van der Waals surface area contributed by atoms with Gasteiger partial charge in [0, 0.05) is 36.4 Å². The van der Waals surface area contributed by atoms with E-state index in [9.17, 15) is 14.0 Å². The van der Waals surface area contributed by atoms with Crippen LogP contribution < -0.4 is 5.32 Å². The lowest BCUT2D eigenvalue weighted by atomic mass is 9.68. The highest BCUT2D eigenvalue weighted by Gasteiger charge is 2.43. The summed E-state index contributed by atoms with van der Waals surface area (Å²) in [5.74, 6) is -1.61. The number of Topliss-reactive ketones (excluding diaryl/α,β-unsaturated/α-hetero) is 1. The number of esters is 1. The van der Waals surface area contributed by atoms with Crippen molar-refractivity contribution in [2.75, 3.05) is 20.3 Å². The maximum atomic E-state index is 14.0. The lowest BCUT2D eigenvalue weighted by molar-refractivity contribution is -0.140. The Bertz CT molecular complexity index is 869. The third-order valence-electron chi connectivity index (χ3n) is 5.16. The molecule has 28 heavy (non-hydrogen) atoms. The van der Waals surface area contributed by atoms with E-state index >= 15 is 0 Å². The molecule has 0 fully saturated rings. The van der Waals surface area contributed by atoms with Crippen molar-refractivity contribution in [1.29, 1.82) is 0 Å². The number of benzene rings is 1. The lowest BCUT2D eigenvalue weighted by Gasteiger charge is -2.39. The van der Waals surface area contributed by atoms with Gasteiger partial charge in [0.15, 0.2) is 5.78 Å². The summed E-state index contributed by atoms with van der Waals surface area (Å²) in [6.07, 6.45) is 1.06. The van der Waals surface area contributed by atoms with E-state index in [1.165, 1.54) is 19.2 Å². The molecule has 5 nitrogen and oxygen atoms in total. The highest BCUT2D eigenvalue weighted by molar-refractivity contribution is 6.04. The van der Waals surface area contributed by atoms with Crippen molar-refractivity contribution >= 4 is 11.8 Å². The van der Waals surface area contributed by atoms with E-state index in [4.69, 9.17) is 9.47 Å². The molecule has 0 saturated heterocycles. The second kappa shape index (κ2) is 7.87. The third-order valence-corrected chi connectivity index (χ3v) is 5.16. The summed E-state index contributed by atoms with van der Waals surface area (Å²) >= 11 is 0. The normalized spacial score (nSPS) is 21.3. The molecule has 1 aromatic carbocycles. The molecule has 1 unspecified atom stereocenters. The van der Waals surface area contributed by atoms with E-state index in [0.717, 1.165) is 5.70 Å². The smallest absolute Gasteiger partial charge is 0.336 e. The van der Waals surface area contributed by atoms with Crippen molar-refractivity contribution < 1.29 is 23.5 Å². The molecule has 1 aliphatic heterocycles. The van der Waals surface area contributed by atoms with E-state index in [-0.39, 0.29) is 24.4 Å². The van der Waals surface area contributed by atoms with Crippen LogP contribution in [-0.4, -0.2) is 32.1 Å². The summed E-state index contributed by atoms with van der Waals surface area (Å²) in [5.41, 5.74) is 2.71. The van der Waals surface area contributed by atoms with Crippen molar-refractivity contribution in [2.24, 2.45) is 5.41 Å². The predicted octanol–water partition coefficient (Wildman–Crippen LogP) is 3.62.